The largest absolute Gasteiger partial charge is 0.321 e. The summed E-state index contributed by atoms with van der Waals surface area (Å²) in [6.45, 7) is 0. The van der Waals surface area contributed by atoms with Crippen LogP contribution in [0.2, 0.25) is 0 Å². The molecule has 0 bridgehead atoms. The summed E-state index contributed by atoms with van der Waals surface area (Å²) in [5, 5.41) is 7.56. The minimum absolute atomic E-state index is 0.270. The molecule has 0 unspecified atom stereocenters. The second-order valence-electron chi connectivity index (χ2n) is 3.79. The van der Waals surface area contributed by atoms with Crippen molar-refractivity contribution in [1.29, 1.82) is 0 Å². The molecular weight excluding hydrogens is 366 g/mol. The van der Waals surface area contributed by atoms with E-state index in [1.54, 1.807) is 24.3 Å². The summed E-state index contributed by atoms with van der Waals surface area (Å²) in [5.41, 5.74) is 0.742. The lowest BCUT2D eigenvalue weighted by Gasteiger charge is -2.07. The van der Waals surface area contributed by atoms with Gasteiger partial charge in [-0.3, -0.25) is 9.52 Å². The van der Waals surface area contributed by atoms with Crippen molar-refractivity contribution in [2.24, 2.45) is 5.14 Å². The lowest BCUT2D eigenvalue weighted by Crippen LogP contribution is -2.21. The molecule has 1 aromatic carbocycles. The third-order valence-corrected chi connectivity index (χ3v) is 4.32. The van der Waals surface area contributed by atoms with E-state index in [0.717, 1.165) is 3.79 Å². The van der Waals surface area contributed by atoms with E-state index >= 15 is 0 Å². The molecule has 0 atom stereocenters. The molecule has 1 heterocycles. The molecule has 6 nitrogen and oxygen atoms in total. The van der Waals surface area contributed by atoms with Gasteiger partial charge in [-0.05, 0) is 46.3 Å². The number of hydrogen-bond donors (Lipinski definition) is 3. The summed E-state index contributed by atoms with van der Waals surface area (Å²) in [6.07, 6.45) is 0. The summed E-state index contributed by atoms with van der Waals surface area (Å²) in [5.74, 6) is -0.270. The predicted octanol–water partition coefficient (Wildman–Crippen LogP) is 2.38. The van der Waals surface area contributed by atoms with Crippen LogP contribution in [-0.4, -0.2) is 14.3 Å². The Labute approximate surface area is 128 Å². The van der Waals surface area contributed by atoms with Crippen molar-refractivity contribution in [3.8, 4) is 0 Å². The third kappa shape index (κ3) is 4.30. The maximum Gasteiger partial charge on any atom is 0.296 e. The van der Waals surface area contributed by atoms with Gasteiger partial charge in [0.25, 0.3) is 16.1 Å². The van der Waals surface area contributed by atoms with E-state index in [4.69, 9.17) is 5.14 Å². The number of nitrogens with one attached hydrogen (secondary N) is 2. The van der Waals surface area contributed by atoms with Crippen LogP contribution in [0.25, 0.3) is 0 Å². The minimum Gasteiger partial charge on any atom is -0.321 e. The zero-order chi connectivity index (χ0) is 14.8. The quantitative estimate of drug-likeness (QED) is 0.764. The van der Waals surface area contributed by atoms with Crippen molar-refractivity contribution in [2.45, 2.75) is 0 Å². The molecule has 0 saturated carbocycles. The van der Waals surface area contributed by atoms with Crippen molar-refractivity contribution in [1.82, 2.24) is 0 Å². The normalized spacial score (nSPS) is 11.1. The number of halogens is 1. The maximum absolute atomic E-state index is 11.9. The van der Waals surface area contributed by atoms with Gasteiger partial charge < -0.3 is 5.32 Å². The first kappa shape index (κ1) is 15.0. The first-order valence-corrected chi connectivity index (χ1v) is 8.46. The van der Waals surface area contributed by atoms with E-state index in [-0.39, 0.29) is 11.6 Å². The van der Waals surface area contributed by atoms with Crippen molar-refractivity contribution >= 4 is 54.8 Å². The topological polar surface area (TPSA) is 101 Å². The van der Waals surface area contributed by atoms with Gasteiger partial charge in [-0.1, -0.05) is 6.07 Å². The molecule has 106 valence electrons. The van der Waals surface area contributed by atoms with E-state index in [1.165, 1.54) is 23.5 Å². The molecule has 0 spiro atoms. The van der Waals surface area contributed by atoms with Crippen LogP contribution in [0.5, 0.6) is 0 Å². The fourth-order valence-corrected chi connectivity index (χ4v) is 3.19. The van der Waals surface area contributed by atoms with E-state index in [2.05, 4.69) is 26.0 Å². The zero-order valence-corrected chi connectivity index (χ0v) is 13.2. The average Bonchev–Trinajstić information content (AvgIpc) is 2.74. The van der Waals surface area contributed by atoms with E-state index in [9.17, 15) is 13.2 Å². The Kier molecular flexibility index (Phi) is 4.43. The molecule has 9 heteroatoms. The molecule has 1 aromatic heterocycles. The van der Waals surface area contributed by atoms with Gasteiger partial charge in [-0.25, -0.2) is 5.14 Å². The van der Waals surface area contributed by atoms with Crippen LogP contribution in [0.4, 0.5) is 11.4 Å². The van der Waals surface area contributed by atoms with Gasteiger partial charge in [0, 0.05) is 5.69 Å². The molecule has 20 heavy (non-hydrogen) atoms. The van der Waals surface area contributed by atoms with Gasteiger partial charge in [0.1, 0.15) is 0 Å². The number of rotatable bonds is 4. The van der Waals surface area contributed by atoms with Gasteiger partial charge in [0.2, 0.25) is 0 Å². The summed E-state index contributed by atoms with van der Waals surface area (Å²) < 4.78 is 24.9. The number of anilines is 2. The molecule has 0 aliphatic rings. The Morgan fingerprint density at radius 1 is 1.20 bits per heavy atom. The zero-order valence-electron chi connectivity index (χ0n) is 9.96. The van der Waals surface area contributed by atoms with Crippen molar-refractivity contribution in [3.63, 3.8) is 0 Å². The SMILES string of the molecule is NS(=O)(=O)Nc1cccc(NC(=O)c2ccc(Br)s2)c1. The fraction of sp³-hybridized carbons (Fsp3) is 0. The number of benzene rings is 1. The minimum atomic E-state index is -3.84. The molecule has 0 saturated heterocycles. The van der Waals surface area contributed by atoms with Crippen LogP contribution < -0.4 is 15.2 Å². The fourth-order valence-electron chi connectivity index (χ4n) is 1.45. The second-order valence-corrected chi connectivity index (χ2v) is 7.54. The average molecular weight is 376 g/mol. The molecule has 1 amide bonds. The number of carbonyl (C=O) groups is 1. The molecular formula is C11H10BrN3O3S2. The van der Waals surface area contributed by atoms with Crippen molar-refractivity contribution in [3.05, 3.63) is 45.1 Å². The molecule has 0 fully saturated rings. The Hall–Kier alpha value is -1.42. The first-order valence-electron chi connectivity index (χ1n) is 5.31. The van der Waals surface area contributed by atoms with Crippen LogP contribution >= 0.6 is 27.3 Å². The predicted molar refractivity (Wildman–Crippen MR) is 83.1 cm³/mol. The maximum atomic E-state index is 11.9. The highest BCUT2D eigenvalue weighted by Gasteiger charge is 2.09. The summed E-state index contributed by atoms with van der Waals surface area (Å²) >= 11 is 4.58. The van der Waals surface area contributed by atoms with E-state index in [1.807, 2.05) is 0 Å². The molecule has 0 aliphatic heterocycles. The lowest BCUT2D eigenvalue weighted by atomic mass is 10.3. The Morgan fingerprint density at radius 3 is 2.50 bits per heavy atom. The number of hydrogen-bond acceptors (Lipinski definition) is 4. The summed E-state index contributed by atoms with van der Waals surface area (Å²) in [7, 11) is -3.84. The highest BCUT2D eigenvalue weighted by Crippen LogP contribution is 2.23. The van der Waals surface area contributed by atoms with Crippen molar-refractivity contribution < 1.29 is 13.2 Å². The molecule has 4 N–H and O–H groups in total. The Morgan fingerprint density at radius 2 is 1.90 bits per heavy atom. The number of nitrogens with two attached hydrogens (primary N) is 1. The molecule has 0 aliphatic carbocycles. The number of amides is 1. The van der Waals surface area contributed by atoms with Gasteiger partial charge in [0.15, 0.2) is 0 Å². The number of carbonyl (C=O) groups excluding carboxylic acids is 1. The smallest absolute Gasteiger partial charge is 0.296 e. The van der Waals surface area contributed by atoms with Gasteiger partial charge in [-0.2, -0.15) is 8.42 Å². The Bertz CT molecular complexity index is 743. The van der Waals surface area contributed by atoms with Crippen LogP contribution in [0.3, 0.4) is 0 Å². The highest BCUT2D eigenvalue weighted by molar-refractivity contribution is 9.11. The Balaban J connectivity index is 2.14. The van der Waals surface area contributed by atoms with Gasteiger partial charge in [-0.15, -0.1) is 11.3 Å². The van der Waals surface area contributed by atoms with Crippen LogP contribution in [0, 0.1) is 0 Å². The van der Waals surface area contributed by atoms with E-state index < -0.39 is 10.2 Å². The van der Waals surface area contributed by atoms with Gasteiger partial charge >= 0.3 is 0 Å². The summed E-state index contributed by atoms with van der Waals surface area (Å²) in [6, 6.07) is 9.73. The molecule has 2 aromatic rings. The molecule has 0 radical (unpaired) electrons. The van der Waals surface area contributed by atoms with Gasteiger partial charge in [0.05, 0.1) is 14.4 Å². The second kappa shape index (κ2) is 5.92. The number of thiophene rings is 1. The van der Waals surface area contributed by atoms with E-state index in [0.29, 0.717) is 10.6 Å². The summed E-state index contributed by atoms with van der Waals surface area (Å²) in [4.78, 5) is 12.5. The van der Waals surface area contributed by atoms with Crippen LogP contribution in [-0.2, 0) is 10.2 Å². The third-order valence-electron chi connectivity index (χ3n) is 2.18. The molecule has 2 rings (SSSR count). The van der Waals surface area contributed by atoms with Crippen molar-refractivity contribution in [2.75, 3.05) is 10.0 Å². The first-order chi connectivity index (χ1) is 9.33. The standard InChI is InChI=1S/C11H10BrN3O3S2/c12-10-5-4-9(19-10)11(16)14-7-2-1-3-8(6-7)15-20(13,17)18/h1-6,15H,(H,14,16)(H2,13,17,18). The van der Waals surface area contributed by atoms with Crippen LogP contribution in [0.15, 0.2) is 40.2 Å². The van der Waals surface area contributed by atoms with Crippen LogP contribution in [0.1, 0.15) is 9.67 Å². The lowest BCUT2D eigenvalue weighted by molar-refractivity contribution is 0.103. The highest BCUT2D eigenvalue weighted by atomic mass is 79.9. The monoisotopic (exact) mass is 375 g/mol.